The first-order valence-electron chi connectivity index (χ1n) is 27.5. The van der Waals surface area contributed by atoms with Crippen molar-refractivity contribution in [2.45, 2.75) is 143 Å². The average Bonchev–Trinajstić information content (AvgIpc) is 4.25. The number of hydrogen-bond acceptors (Lipinski definition) is 14. The normalized spacial score (nSPS) is 12.3. The number of ether oxygens (including phenoxy) is 4. The molecule has 4 N–H and O–H groups in total. The van der Waals surface area contributed by atoms with Crippen molar-refractivity contribution in [3.05, 3.63) is 83.4 Å². The summed E-state index contributed by atoms with van der Waals surface area (Å²) in [5, 5.41) is 20.8. The smallest absolute Gasteiger partial charge is 0.305 e. The van der Waals surface area contributed by atoms with Crippen molar-refractivity contribution >= 4 is 68.0 Å². The third-order valence-corrected chi connectivity index (χ3v) is 14.2. The highest BCUT2D eigenvalue weighted by Gasteiger charge is 2.28. The Morgan fingerprint density at radius 2 is 0.787 bits per heavy atom. The molecule has 0 amide bonds. The van der Waals surface area contributed by atoms with Crippen LogP contribution in [0, 0.1) is 0 Å². The highest BCUT2D eigenvalue weighted by atomic mass is 16.5. The summed E-state index contributed by atoms with van der Waals surface area (Å²) in [4.78, 5) is 85.9. The van der Waals surface area contributed by atoms with Crippen LogP contribution in [0.15, 0.2) is 66.7 Å². The van der Waals surface area contributed by atoms with Crippen LogP contribution in [0.5, 0.6) is 11.5 Å². The molecule has 0 atom stereocenters. The van der Waals surface area contributed by atoms with Crippen molar-refractivity contribution in [1.82, 2.24) is 39.9 Å². The molecule has 0 unspecified atom stereocenters. The molecule has 418 valence electrons. The fraction of sp³-hybridized carbons (Fsp3) is 0.419. The minimum absolute atomic E-state index is 0.0118. The van der Waals surface area contributed by atoms with Crippen LogP contribution in [0.4, 0.5) is 0 Å². The molecular formula is C62H70N8O10. The lowest BCUT2D eigenvalue weighted by atomic mass is 9.85. The van der Waals surface area contributed by atoms with Crippen molar-refractivity contribution < 1.29 is 48.3 Å². The van der Waals surface area contributed by atoms with Crippen LogP contribution in [-0.2, 0) is 44.9 Å². The number of unbranched alkanes of at least 4 members (excludes halogenated alkanes) is 2. The summed E-state index contributed by atoms with van der Waals surface area (Å²) in [6.45, 7) is 20.0. The van der Waals surface area contributed by atoms with Gasteiger partial charge in [0, 0.05) is 71.6 Å². The second kappa shape index (κ2) is 23.2. The van der Waals surface area contributed by atoms with Crippen LogP contribution < -0.4 is 9.47 Å². The predicted molar refractivity (Wildman–Crippen MR) is 307 cm³/mol. The highest BCUT2D eigenvalue weighted by molar-refractivity contribution is 6.12. The minimum Gasteiger partial charge on any atom is -0.493 e. The second-order valence-electron chi connectivity index (χ2n) is 23.5. The molecule has 7 aromatic rings. The number of carbonyl (C=O) groups is 4. The Labute approximate surface area is 464 Å². The number of benzene rings is 4. The van der Waals surface area contributed by atoms with Crippen LogP contribution in [0.3, 0.4) is 0 Å². The molecule has 0 saturated heterocycles. The number of hydrogen-bond donors (Lipinski definition) is 4. The van der Waals surface area contributed by atoms with Gasteiger partial charge in [-0.2, -0.15) is 0 Å². The number of nitrogens with one attached hydrogen (secondary N) is 2. The molecule has 2 aliphatic rings. The molecule has 5 heterocycles. The van der Waals surface area contributed by atoms with Crippen LogP contribution in [0.1, 0.15) is 143 Å². The van der Waals surface area contributed by atoms with E-state index in [2.05, 4.69) is 115 Å². The molecule has 0 spiro atoms. The van der Waals surface area contributed by atoms with Crippen LogP contribution in [0.2, 0.25) is 0 Å². The Balaban J connectivity index is 1.24. The van der Waals surface area contributed by atoms with Gasteiger partial charge in [0.1, 0.15) is 34.1 Å². The van der Waals surface area contributed by atoms with Crippen molar-refractivity contribution in [2.75, 3.05) is 26.4 Å². The summed E-state index contributed by atoms with van der Waals surface area (Å²) in [5.74, 6) is -0.0747. The summed E-state index contributed by atoms with van der Waals surface area (Å²) < 4.78 is 24.1. The molecule has 0 radical (unpaired) electrons. The number of esters is 2. The molecule has 8 bridgehead atoms. The van der Waals surface area contributed by atoms with Gasteiger partial charge in [-0.3, -0.25) is 19.2 Å². The number of fused-ring (bicyclic) bond motifs is 20. The summed E-state index contributed by atoms with van der Waals surface area (Å²) in [7, 11) is 0. The number of aromatic nitrogens is 8. The maximum Gasteiger partial charge on any atom is 0.305 e. The van der Waals surface area contributed by atoms with Gasteiger partial charge in [0.15, 0.2) is 23.3 Å². The van der Waals surface area contributed by atoms with Crippen LogP contribution in [0.25, 0.3) is 89.7 Å². The number of H-pyrrole nitrogens is 2. The van der Waals surface area contributed by atoms with Crippen molar-refractivity contribution in [2.24, 2.45) is 0 Å². The molecule has 0 fully saturated rings. The molecule has 4 aromatic carbocycles. The average molecular weight is 1090 g/mol. The number of rotatable bonds is 20. The van der Waals surface area contributed by atoms with E-state index >= 15 is 0 Å². The first-order chi connectivity index (χ1) is 38.0. The van der Waals surface area contributed by atoms with Gasteiger partial charge in [0.2, 0.25) is 0 Å². The third kappa shape index (κ3) is 12.9. The molecule has 2 aliphatic heterocycles. The van der Waals surface area contributed by atoms with E-state index in [4.69, 9.17) is 59.1 Å². The van der Waals surface area contributed by atoms with Gasteiger partial charge < -0.3 is 39.1 Å². The minimum atomic E-state index is -0.908. The number of nitrogens with zero attached hydrogens (tertiary/aromatic N) is 6. The van der Waals surface area contributed by atoms with E-state index in [9.17, 15) is 19.2 Å². The maximum absolute atomic E-state index is 12.5. The Kier molecular flexibility index (Phi) is 16.4. The Morgan fingerprint density at radius 3 is 1.23 bits per heavy atom. The van der Waals surface area contributed by atoms with E-state index in [1.165, 1.54) is 0 Å². The van der Waals surface area contributed by atoms with E-state index in [0.29, 0.717) is 107 Å². The first kappa shape index (κ1) is 56.4. The zero-order chi connectivity index (χ0) is 57.1. The number of carbonyl (C=O) groups excluding carboxylic acids is 2. The van der Waals surface area contributed by atoms with Gasteiger partial charge in [0.05, 0.1) is 37.2 Å². The zero-order valence-corrected chi connectivity index (χ0v) is 47.1. The topological polar surface area (TPSA) is 255 Å². The number of aliphatic carboxylic acids is 2. The van der Waals surface area contributed by atoms with Gasteiger partial charge in [-0.05, 0) is 89.0 Å². The second-order valence-corrected chi connectivity index (χ2v) is 23.5. The van der Waals surface area contributed by atoms with Gasteiger partial charge in [-0.1, -0.05) is 98.7 Å². The van der Waals surface area contributed by atoms with Gasteiger partial charge in [-0.25, -0.2) is 29.9 Å². The highest BCUT2D eigenvalue weighted by Crippen LogP contribution is 2.43. The molecule has 18 nitrogen and oxygen atoms in total. The lowest BCUT2D eigenvalue weighted by Gasteiger charge is -2.19. The SMILES string of the molecule is CC(C)(C)c1ccc2c(c1)-c1nc-2nc2[nH]c(nc3nc(nc4[nH]c(n1)c1ccc(C(C)(C)C)cc41)-c1cc(C(C)(C)C)ccc1-3)c1c(OCCCOC(=O)CCCCC(=O)O)ccc(OCCCOC(=O)CCCCC(=O)O)c21. The summed E-state index contributed by atoms with van der Waals surface area (Å²) in [6, 6.07) is 22.5. The van der Waals surface area contributed by atoms with E-state index in [-0.39, 0.29) is 68.4 Å². The number of carboxylic acid groups (broad SMARTS) is 2. The van der Waals surface area contributed by atoms with Crippen molar-refractivity contribution in [3.63, 3.8) is 0 Å². The van der Waals surface area contributed by atoms with E-state index in [1.54, 1.807) is 12.1 Å². The maximum atomic E-state index is 12.5. The number of carboxylic acids is 2. The molecule has 18 heteroatoms. The lowest BCUT2D eigenvalue weighted by Crippen LogP contribution is -2.10. The largest absolute Gasteiger partial charge is 0.493 e. The number of aromatic amines is 2. The lowest BCUT2D eigenvalue weighted by molar-refractivity contribution is -0.145. The first-order valence-corrected chi connectivity index (χ1v) is 27.5. The molecule has 3 aromatic heterocycles. The van der Waals surface area contributed by atoms with Gasteiger partial charge >= 0.3 is 23.9 Å². The van der Waals surface area contributed by atoms with Gasteiger partial charge in [0.25, 0.3) is 0 Å². The van der Waals surface area contributed by atoms with Gasteiger partial charge in [-0.15, -0.1) is 0 Å². The van der Waals surface area contributed by atoms with E-state index in [1.807, 2.05) is 12.1 Å². The third-order valence-electron chi connectivity index (χ3n) is 14.2. The van der Waals surface area contributed by atoms with E-state index in [0.717, 1.165) is 49.7 Å². The predicted octanol–water partition coefficient (Wildman–Crippen LogP) is 12.7. The standard InChI is InChI=1S/C62H70N8O10/c1-60(2,3)35-20-23-38-41(32-35)56-64-52(38)63-55-42-33-36(61(4,5)6)21-24-39(42)53(65-55)68-58-50-44(77-28-14-30-79-48(75)18-12-10-16-46(71)72)26-27-45(78-29-15-31-80-49(76)19-13-11-17-47(73)74)51(50)59(70-58)69-54-40-25-22-37(62(7,8)9)34-43(40)57(66-54)67-56/h20-27,32-34H,10-19,28-31H2,1-9H3,(H,71,72)(H,73,74)(H2,63,64,65,66,67,68,69,70). The fourth-order valence-electron chi connectivity index (χ4n) is 9.59. The molecule has 0 saturated carbocycles. The Hall–Kier alpha value is -8.28. The zero-order valence-electron chi connectivity index (χ0n) is 47.1. The fourth-order valence-corrected chi connectivity index (χ4v) is 9.59. The Bertz CT molecular complexity index is 3710. The summed E-state index contributed by atoms with van der Waals surface area (Å²) >= 11 is 0. The van der Waals surface area contributed by atoms with Crippen molar-refractivity contribution in [3.8, 4) is 57.1 Å². The van der Waals surface area contributed by atoms with Crippen LogP contribution in [-0.4, -0.2) is 100 Å². The molecular weight excluding hydrogens is 1020 g/mol. The van der Waals surface area contributed by atoms with E-state index < -0.39 is 23.9 Å². The quantitative estimate of drug-likeness (QED) is 0.0409. The summed E-state index contributed by atoms with van der Waals surface area (Å²) in [6.07, 6.45) is 2.50. The summed E-state index contributed by atoms with van der Waals surface area (Å²) in [5.41, 5.74) is 7.74. The molecule has 80 heavy (non-hydrogen) atoms. The molecule has 0 aliphatic carbocycles. The monoisotopic (exact) mass is 1090 g/mol. The van der Waals surface area contributed by atoms with Crippen LogP contribution >= 0.6 is 0 Å². The van der Waals surface area contributed by atoms with Crippen molar-refractivity contribution in [1.29, 1.82) is 0 Å². The molecule has 9 rings (SSSR count). The Morgan fingerprint density at radius 1 is 0.412 bits per heavy atom.